The van der Waals surface area contributed by atoms with Crippen LogP contribution in [0.1, 0.15) is 40.5 Å². The number of thioether (sulfide) groups is 1. The Bertz CT molecular complexity index is 319. The minimum atomic E-state index is 0.434. The van der Waals surface area contributed by atoms with E-state index in [1.54, 1.807) is 0 Å². The number of nitrogens with one attached hydrogen (secondary N) is 1. The van der Waals surface area contributed by atoms with Crippen molar-refractivity contribution in [2.75, 3.05) is 12.3 Å². The highest BCUT2D eigenvalue weighted by Crippen LogP contribution is 2.29. The molecule has 0 radical (unpaired) electrons. The molecular formula is C16H27NS. The fraction of sp³-hybridized carbons (Fsp3) is 0.625. The summed E-state index contributed by atoms with van der Waals surface area (Å²) in [5.41, 5.74) is 0.434. The van der Waals surface area contributed by atoms with Gasteiger partial charge in [0.25, 0.3) is 0 Å². The molecule has 0 atom stereocenters. The summed E-state index contributed by atoms with van der Waals surface area (Å²) in [5, 5.41) is 3.50. The van der Waals surface area contributed by atoms with Gasteiger partial charge in [0.1, 0.15) is 0 Å². The van der Waals surface area contributed by atoms with Gasteiger partial charge in [-0.1, -0.05) is 45.9 Å². The van der Waals surface area contributed by atoms with E-state index < -0.39 is 0 Å². The maximum absolute atomic E-state index is 3.50. The van der Waals surface area contributed by atoms with Gasteiger partial charge in [0.05, 0.1) is 0 Å². The van der Waals surface area contributed by atoms with E-state index in [0.717, 1.165) is 6.54 Å². The van der Waals surface area contributed by atoms with E-state index in [4.69, 9.17) is 0 Å². The summed E-state index contributed by atoms with van der Waals surface area (Å²) in [6.45, 7) is 10.3. The Labute approximate surface area is 117 Å². The lowest BCUT2D eigenvalue weighted by Crippen LogP contribution is -2.28. The Balaban J connectivity index is 2.20. The van der Waals surface area contributed by atoms with Gasteiger partial charge in [-0.05, 0) is 42.7 Å². The van der Waals surface area contributed by atoms with Crippen molar-refractivity contribution < 1.29 is 0 Å². The van der Waals surface area contributed by atoms with E-state index in [-0.39, 0.29) is 0 Å². The van der Waals surface area contributed by atoms with Crippen LogP contribution in [0, 0.1) is 5.41 Å². The zero-order valence-corrected chi connectivity index (χ0v) is 13.0. The molecule has 0 aliphatic rings. The molecule has 102 valence electrons. The minimum absolute atomic E-state index is 0.434. The maximum atomic E-state index is 3.50. The largest absolute Gasteiger partial charge is 0.315 e. The van der Waals surface area contributed by atoms with Gasteiger partial charge >= 0.3 is 0 Å². The Hall–Kier alpha value is -0.470. The molecule has 0 saturated carbocycles. The molecular weight excluding hydrogens is 238 g/mol. The first kappa shape index (κ1) is 15.6. The third kappa shape index (κ3) is 7.07. The standard InChI is InChI=1S/C16H27NS/c1-14(2)17-12-10-16(3,4)11-13-18-15-8-6-5-7-9-15/h5-9,14,17H,10-13H2,1-4H3. The van der Waals surface area contributed by atoms with Crippen molar-refractivity contribution in [3.8, 4) is 0 Å². The number of benzene rings is 1. The molecule has 2 heteroatoms. The van der Waals surface area contributed by atoms with Crippen LogP contribution in [-0.2, 0) is 0 Å². The van der Waals surface area contributed by atoms with Crippen molar-refractivity contribution in [1.29, 1.82) is 0 Å². The molecule has 1 N–H and O–H groups in total. The van der Waals surface area contributed by atoms with E-state index in [1.165, 1.54) is 23.5 Å². The quantitative estimate of drug-likeness (QED) is 0.690. The van der Waals surface area contributed by atoms with Crippen LogP contribution in [0.4, 0.5) is 0 Å². The fourth-order valence-corrected chi connectivity index (χ4v) is 3.03. The average molecular weight is 265 g/mol. The highest BCUT2D eigenvalue weighted by molar-refractivity contribution is 7.99. The molecule has 0 aromatic heterocycles. The molecule has 0 spiro atoms. The van der Waals surface area contributed by atoms with Gasteiger partial charge in [0.15, 0.2) is 0 Å². The number of hydrogen-bond donors (Lipinski definition) is 1. The highest BCUT2D eigenvalue weighted by Gasteiger charge is 2.17. The van der Waals surface area contributed by atoms with Crippen LogP contribution >= 0.6 is 11.8 Å². The van der Waals surface area contributed by atoms with Gasteiger partial charge < -0.3 is 5.32 Å². The summed E-state index contributed by atoms with van der Waals surface area (Å²) in [5.74, 6) is 1.21. The molecule has 1 rings (SSSR count). The monoisotopic (exact) mass is 265 g/mol. The number of rotatable bonds is 8. The van der Waals surface area contributed by atoms with Crippen LogP contribution in [-0.4, -0.2) is 18.3 Å². The lowest BCUT2D eigenvalue weighted by molar-refractivity contribution is 0.314. The zero-order valence-electron chi connectivity index (χ0n) is 12.2. The molecule has 18 heavy (non-hydrogen) atoms. The molecule has 0 saturated heterocycles. The van der Waals surface area contributed by atoms with Gasteiger partial charge in [-0.25, -0.2) is 0 Å². The van der Waals surface area contributed by atoms with Crippen LogP contribution in [0.3, 0.4) is 0 Å². The summed E-state index contributed by atoms with van der Waals surface area (Å²) >= 11 is 1.97. The minimum Gasteiger partial charge on any atom is -0.315 e. The van der Waals surface area contributed by atoms with Crippen molar-refractivity contribution in [3.63, 3.8) is 0 Å². The first-order chi connectivity index (χ1) is 8.49. The average Bonchev–Trinajstić information content (AvgIpc) is 2.29. The first-order valence-corrected chi connectivity index (χ1v) is 7.89. The van der Waals surface area contributed by atoms with Crippen LogP contribution in [0.25, 0.3) is 0 Å². The SMILES string of the molecule is CC(C)NCCC(C)(C)CCSc1ccccc1. The first-order valence-electron chi connectivity index (χ1n) is 6.91. The fourth-order valence-electron chi connectivity index (χ4n) is 1.79. The number of hydrogen-bond acceptors (Lipinski definition) is 2. The van der Waals surface area contributed by atoms with Crippen LogP contribution in [0.2, 0.25) is 0 Å². The van der Waals surface area contributed by atoms with E-state index in [1.807, 2.05) is 11.8 Å². The summed E-state index contributed by atoms with van der Waals surface area (Å²) < 4.78 is 0. The van der Waals surface area contributed by atoms with Crippen molar-refractivity contribution in [2.45, 2.75) is 51.5 Å². The molecule has 1 aromatic rings. The van der Waals surface area contributed by atoms with Gasteiger partial charge in [0.2, 0.25) is 0 Å². The smallest absolute Gasteiger partial charge is 0.00719 e. The lowest BCUT2D eigenvalue weighted by atomic mass is 9.86. The molecule has 1 aromatic carbocycles. The topological polar surface area (TPSA) is 12.0 Å². The summed E-state index contributed by atoms with van der Waals surface area (Å²) in [6, 6.07) is 11.3. The lowest BCUT2D eigenvalue weighted by Gasteiger charge is -2.25. The van der Waals surface area contributed by atoms with Gasteiger partial charge in [0, 0.05) is 10.9 Å². The molecule has 0 aliphatic carbocycles. The molecule has 0 amide bonds. The molecule has 0 bridgehead atoms. The Morgan fingerprint density at radius 1 is 1.11 bits per heavy atom. The van der Waals surface area contributed by atoms with E-state index in [0.29, 0.717) is 11.5 Å². The Morgan fingerprint density at radius 2 is 1.78 bits per heavy atom. The van der Waals surface area contributed by atoms with Crippen LogP contribution in [0.15, 0.2) is 35.2 Å². The van der Waals surface area contributed by atoms with E-state index in [2.05, 4.69) is 63.3 Å². The normalized spacial score (nSPS) is 12.1. The van der Waals surface area contributed by atoms with Crippen molar-refractivity contribution in [3.05, 3.63) is 30.3 Å². The van der Waals surface area contributed by atoms with Gasteiger partial charge in [-0.2, -0.15) is 0 Å². The van der Waals surface area contributed by atoms with Crippen LogP contribution < -0.4 is 5.32 Å². The summed E-state index contributed by atoms with van der Waals surface area (Å²) in [4.78, 5) is 1.38. The highest BCUT2D eigenvalue weighted by atomic mass is 32.2. The van der Waals surface area contributed by atoms with Crippen molar-refractivity contribution in [1.82, 2.24) is 5.32 Å². The molecule has 0 unspecified atom stereocenters. The molecule has 0 heterocycles. The third-order valence-corrected chi connectivity index (χ3v) is 4.16. The molecule has 0 fully saturated rings. The maximum Gasteiger partial charge on any atom is 0.00719 e. The summed E-state index contributed by atoms with van der Waals surface area (Å²) in [7, 11) is 0. The summed E-state index contributed by atoms with van der Waals surface area (Å²) in [6.07, 6.45) is 2.52. The van der Waals surface area contributed by atoms with Gasteiger partial charge in [-0.3, -0.25) is 0 Å². The van der Waals surface area contributed by atoms with Crippen LogP contribution in [0.5, 0.6) is 0 Å². The Kier molecular flexibility index (Phi) is 6.80. The predicted molar refractivity (Wildman–Crippen MR) is 83.3 cm³/mol. The van der Waals surface area contributed by atoms with E-state index >= 15 is 0 Å². The molecule has 1 nitrogen and oxygen atoms in total. The van der Waals surface area contributed by atoms with Crippen molar-refractivity contribution in [2.24, 2.45) is 5.41 Å². The second-order valence-corrected chi connectivity index (χ2v) is 7.10. The zero-order chi connectivity index (χ0) is 13.4. The Morgan fingerprint density at radius 3 is 2.39 bits per heavy atom. The van der Waals surface area contributed by atoms with Gasteiger partial charge in [-0.15, -0.1) is 11.8 Å². The second-order valence-electron chi connectivity index (χ2n) is 5.93. The van der Waals surface area contributed by atoms with E-state index in [9.17, 15) is 0 Å². The molecule has 0 aliphatic heterocycles. The predicted octanol–water partition coefficient (Wildman–Crippen LogP) is 4.58. The van der Waals surface area contributed by atoms with Crippen molar-refractivity contribution >= 4 is 11.8 Å². The third-order valence-electron chi connectivity index (χ3n) is 3.15. The second kappa shape index (κ2) is 7.85.